The van der Waals surface area contributed by atoms with Crippen LogP contribution in [0.4, 0.5) is 5.13 Å². The number of anilines is 1. The van der Waals surface area contributed by atoms with Crippen LogP contribution in [0.2, 0.25) is 0 Å². The normalized spacial score (nSPS) is 11.5. The van der Waals surface area contributed by atoms with E-state index in [1.165, 1.54) is 0 Å². The molecule has 1 N–H and O–H groups in total. The highest BCUT2D eigenvalue weighted by Crippen LogP contribution is 2.18. The van der Waals surface area contributed by atoms with Gasteiger partial charge in [0.1, 0.15) is 5.65 Å². The topological polar surface area (TPSA) is 59.5 Å². The van der Waals surface area contributed by atoms with Crippen molar-refractivity contribution >= 4 is 27.1 Å². The minimum absolute atomic E-state index is 0.805. The van der Waals surface area contributed by atoms with Crippen LogP contribution < -0.4 is 5.32 Å². The van der Waals surface area contributed by atoms with E-state index >= 15 is 0 Å². The molecule has 4 rings (SSSR count). The maximum absolute atomic E-state index is 4.58. The number of fused-ring (bicyclic) bond motifs is 2. The minimum atomic E-state index is 0.805. The van der Waals surface area contributed by atoms with Gasteiger partial charge in [-0.15, -0.1) is 5.10 Å². The summed E-state index contributed by atoms with van der Waals surface area (Å²) in [6.45, 7) is 2.78. The van der Waals surface area contributed by atoms with Crippen LogP contribution in [0.3, 0.4) is 0 Å². The third kappa shape index (κ3) is 2.36. The molecule has 106 valence electrons. The fourth-order valence-electron chi connectivity index (χ4n) is 2.29. The first kappa shape index (κ1) is 12.3. The average Bonchev–Trinajstić information content (AvgIpc) is 3.10. The summed E-state index contributed by atoms with van der Waals surface area (Å²) in [4.78, 5) is 9.89. The van der Waals surface area contributed by atoms with E-state index < -0.39 is 0 Å². The van der Waals surface area contributed by atoms with Gasteiger partial charge in [0.05, 0.1) is 17.6 Å². The van der Waals surface area contributed by atoms with Gasteiger partial charge in [-0.25, -0.2) is 14.5 Å². The monoisotopic (exact) mass is 298 g/mol. The lowest BCUT2D eigenvalue weighted by Crippen LogP contribution is -2.05. The predicted octanol–water partition coefficient (Wildman–Crippen LogP) is 2.40. The Morgan fingerprint density at radius 2 is 2.19 bits per heavy atom. The van der Waals surface area contributed by atoms with E-state index in [2.05, 4.69) is 26.6 Å². The van der Waals surface area contributed by atoms with E-state index in [4.69, 9.17) is 0 Å². The Kier molecular flexibility index (Phi) is 2.85. The number of nitrogens with zero attached hydrogens (tertiary/aromatic N) is 5. The SMILES string of the molecule is Cc1cn2nc(NCCc3cn4ccccc4n3)sc2n1. The fourth-order valence-corrected chi connectivity index (χ4v) is 3.14. The molecular formula is C14H14N6S. The Balaban J connectivity index is 1.43. The van der Waals surface area contributed by atoms with Crippen molar-refractivity contribution in [3.63, 3.8) is 0 Å². The molecule has 0 saturated carbocycles. The molecule has 4 heterocycles. The summed E-state index contributed by atoms with van der Waals surface area (Å²) in [7, 11) is 0. The summed E-state index contributed by atoms with van der Waals surface area (Å²) in [6, 6.07) is 6.01. The lowest BCUT2D eigenvalue weighted by Gasteiger charge is -1.98. The van der Waals surface area contributed by atoms with Gasteiger partial charge >= 0.3 is 0 Å². The Morgan fingerprint density at radius 1 is 1.24 bits per heavy atom. The molecule has 0 radical (unpaired) electrons. The Morgan fingerprint density at radius 3 is 3.05 bits per heavy atom. The average molecular weight is 298 g/mol. The molecule has 0 atom stereocenters. The van der Waals surface area contributed by atoms with Gasteiger partial charge in [-0.3, -0.25) is 0 Å². The molecule has 4 aromatic heterocycles. The van der Waals surface area contributed by atoms with Crippen molar-refractivity contribution in [1.82, 2.24) is 24.0 Å². The minimum Gasteiger partial charge on any atom is -0.360 e. The Bertz CT molecular complexity index is 838. The van der Waals surface area contributed by atoms with Gasteiger partial charge in [0.25, 0.3) is 0 Å². The zero-order chi connectivity index (χ0) is 14.2. The molecule has 6 nitrogen and oxygen atoms in total. The maximum atomic E-state index is 4.58. The van der Waals surface area contributed by atoms with E-state index in [-0.39, 0.29) is 0 Å². The molecule has 0 amide bonds. The number of aromatic nitrogens is 5. The van der Waals surface area contributed by atoms with Crippen molar-refractivity contribution in [2.45, 2.75) is 13.3 Å². The van der Waals surface area contributed by atoms with Gasteiger partial charge < -0.3 is 9.72 Å². The summed E-state index contributed by atoms with van der Waals surface area (Å²) >= 11 is 1.56. The summed E-state index contributed by atoms with van der Waals surface area (Å²) in [5, 5.41) is 8.66. The summed E-state index contributed by atoms with van der Waals surface area (Å²) in [5.74, 6) is 0. The molecule has 0 bridgehead atoms. The molecule has 4 aromatic rings. The smallest absolute Gasteiger partial charge is 0.214 e. The zero-order valence-corrected chi connectivity index (χ0v) is 12.3. The molecule has 21 heavy (non-hydrogen) atoms. The molecular weight excluding hydrogens is 284 g/mol. The quantitative estimate of drug-likeness (QED) is 0.628. The number of imidazole rings is 2. The van der Waals surface area contributed by atoms with E-state index in [1.54, 1.807) is 11.3 Å². The van der Waals surface area contributed by atoms with Gasteiger partial charge in [-0.05, 0) is 19.1 Å². The standard InChI is InChI=1S/C14H14N6S/c1-10-8-20-14(16-10)21-13(18-20)15-6-5-11-9-19-7-3-2-4-12(19)17-11/h2-4,7-9H,5-6H2,1H3,(H,15,18). The van der Waals surface area contributed by atoms with Gasteiger partial charge in [0.15, 0.2) is 0 Å². The first-order valence-corrected chi connectivity index (χ1v) is 7.59. The summed E-state index contributed by atoms with van der Waals surface area (Å²) in [6.07, 6.45) is 6.87. The first-order chi connectivity index (χ1) is 10.3. The van der Waals surface area contributed by atoms with E-state index in [1.807, 2.05) is 46.4 Å². The third-order valence-electron chi connectivity index (χ3n) is 3.23. The van der Waals surface area contributed by atoms with Crippen molar-refractivity contribution < 1.29 is 0 Å². The number of rotatable bonds is 4. The first-order valence-electron chi connectivity index (χ1n) is 6.77. The molecule has 0 fully saturated rings. The number of aryl methyl sites for hydroxylation is 1. The fraction of sp³-hybridized carbons (Fsp3) is 0.214. The van der Waals surface area contributed by atoms with Gasteiger partial charge in [-0.1, -0.05) is 17.4 Å². The highest BCUT2D eigenvalue weighted by molar-refractivity contribution is 7.20. The van der Waals surface area contributed by atoms with E-state index in [0.717, 1.165) is 40.1 Å². The van der Waals surface area contributed by atoms with Crippen LogP contribution >= 0.6 is 11.3 Å². The van der Waals surface area contributed by atoms with Crippen molar-refractivity contribution in [3.05, 3.63) is 48.2 Å². The van der Waals surface area contributed by atoms with Crippen molar-refractivity contribution in [1.29, 1.82) is 0 Å². The van der Waals surface area contributed by atoms with Crippen molar-refractivity contribution in [3.8, 4) is 0 Å². The largest absolute Gasteiger partial charge is 0.360 e. The highest BCUT2D eigenvalue weighted by Gasteiger charge is 2.06. The van der Waals surface area contributed by atoms with E-state index in [9.17, 15) is 0 Å². The zero-order valence-electron chi connectivity index (χ0n) is 11.5. The molecule has 0 aliphatic rings. The maximum Gasteiger partial charge on any atom is 0.214 e. The molecule has 0 aliphatic heterocycles. The van der Waals surface area contributed by atoms with Crippen molar-refractivity contribution in [2.75, 3.05) is 11.9 Å². The van der Waals surface area contributed by atoms with Gasteiger partial charge in [-0.2, -0.15) is 0 Å². The third-order valence-corrected chi connectivity index (χ3v) is 4.12. The lowest BCUT2D eigenvalue weighted by atomic mass is 10.3. The highest BCUT2D eigenvalue weighted by atomic mass is 32.1. The van der Waals surface area contributed by atoms with Gasteiger partial charge in [0.2, 0.25) is 10.1 Å². The van der Waals surface area contributed by atoms with Crippen LogP contribution in [0, 0.1) is 6.92 Å². The van der Waals surface area contributed by atoms with Crippen LogP contribution in [0.25, 0.3) is 10.6 Å². The number of hydrogen-bond acceptors (Lipinski definition) is 5. The van der Waals surface area contributed by atoms with Gasteiger partial charge in [0, 0.05) is 25.4 Å². The summed E-state index contributed by atoms with van der Waals surface area (Å²) < 4.78 is 3.85. The molecule has 7 heteroatoms. The molecule has 0 spiro atoms. The Hall–Kier alpha value is -2.41. The van der Waals surface area contributed by atoms with Crippen LogP contribution in [0.15, 0.2) is 36.8 Å². The molecule has 0 aliphatic carbocycles. The predicted molar refractivity (Wildman–Crippen MR) is 83.0 cm³/mol. The molecule has 0 saturated heterocycles. The second-order valence-electron chi connectivity index (χ2n) is 4.89. The van der Waals surface area contributed by atoms with Crippen LogP contribution in [-0.4, -0.2) is 30.5 Å². The lowest BCUT2D eigenvalue weighted by molar-refractivity contribution is 0.935. The Labute approximate surface area is 125 Å². The second kappa shape index (κ2) is 4.85. The molecule has 0 aromatic carbocycles. The van der Waals surface area contributed by atoms with Crippen LogP contribution in [0.5, 0.6) is 0 Å². The van der Waals surface area contributed by atoms with Crippen LogP contribution in [-0.2, 0) is 6.42 Å². The van der Waals surface area contributed by atoms with Crippen molar-refractivity contribution in [2.24, 2.45) is 0 Å². The summed E-state index contributed by atoms with van der Waals surface area (Å²) in [5.41, 5.74) is 3.05. The number of pyridine rings is 1. The second-order valence-corrected chi connectivity index (χ2v) is 5.85. The van der Waals surface area contributed by atoms with Crippen LogP contribution in [0.1, 0.15) is 11.4 Å². The number of nitrogens with one attached hydrogen (secondary N) is 1. The van der Waals surface area contributed by atoms with E-state index in [0.29, 0.717) is 0 Å². The number of hydrogen-bond donors (Lipinski definition) is 1. The molecule has 0 unspecified atom stereocenters.